The summed E-state index contributed by atoms with van der Waals surface area (Å²) in [5.74, 6) is 0.693. The highest BCUT2D eigenvalue weighted by molar-refractivity contribution is 5.92. The minimum absolute atomic E-state index is 0.230. The minimum Gasteiger partial charge on any atom is -0.494 e. The number of furan rings is 1. The molecule has 0 bridgehead atoms. The van der Waals surface area contributed by atoms with Crippen LogP contribution in [0.25, 0.3) is 0 Å². The highest BCUT2D eigenvalue weighted by Gasteiger charge is 2.05. The van der Waals surface area contributed by atoms with Crippen molar-refractivity contribution in [2.45, 2.75) is 26.2 Å². The molecule has 2 rings (SSSR count). The molecule has 0 saturated heterocycles. The standard InChI is InChI=1S/C17H20N2O3/c1-2-3-4-11-21-15-9-7-14(8-10-15)13-18-19-17(20)16-6-5-12-22-16/h5-10,12-13H,2-4,11H2,1H3,(H,19,20). The van der Waals surface area contributed by atoms with Crippen molar-refractivity contribution in [1.82, 2.24) is 5.43 Å². The molecule has 5 heteroatoms. The smallest absolute Gasteiger partial charge is 0.307 e. The van der Waals surface area contributed by atoms with E-state index in [4.69, 9.17) is 9.15 Å². The van der Waals surface area contributed by atoms with E-state index in [-0.39, 0.29) is 11.7 Å². The first-order valence-corrected chi connectivity index (χ1v) is 7.39. The zero-order chi connectivity index (χ0) is 15.6. The highest BCUT2D eigenvalue weighted by atomic mass is 16.5. The Morgan fingerprint density at radius 2 is 2.09 bits per heavy atom. The van der Waals surface area contributed by atoms with E-state index in [1.165, 1.54) is 19.1 Å². The SMILES string of the molecule is CCCCCOc1ccc(C=NNC(=O)c2ccco2)cc1. The fraction of sp³-hybridized carbons (Fsp3) is 0.294. The summed E-state index contributed by atoms with van der Waals surface area (Å²) in [5, 5.41) is 3.89. The van der Waals surface area contributed by atoms with Crippen molar-refractivity contribution in [3.8, 4) is 5.75 Å². The number of carbonyl (C=O) groups excluding carboxylic acids is 1. The topological polar surface area (TPSA) is 63.8 Å². The summed E-state index contributed by atoms with van der Waals surface area (Å²) in [6.45, 7) is 2.90. The molecule has 0 unspecified atom stereocenters. The Balaban J connectivity index is 1.78. The van der Waals surface area contributed by atoms with Gasteiger partial charge in [0.2, 0.25) is 0 Å². The summed E-state index contributed by atoms with van der Waals surface area (Å²) in [7, 11) is 0. The van der Waals surface area contributed by atoms with Crippen molar-refractivity contribution < 1.29 is 13.9 Å². The molecule has 1 aromatic heterocycles. The van der Waals surface area contributed by atoms with E-state index in [0.29, 0.717) is 0 Å². The van der Waals surface area contributed by atoms with Gasteiger partial charge in [-0.2, -0.15) is 5.10 Å². The fourth-order valence-electron chi connectivity index (χ4n) is 1.82. The van der Waals surface area contributed by atoms with Crippen LogP contribution in [0.3, 0.4) is 0 Å². The molecule has 0 atom stereocenters. The third kappa shape index (κ3) is 5.09. The van der Waals surface area contributed by atoms with E-state index in [1.54, 1.807) is 18.3 Å². The van der Waals surface area contributed by atoms with Gasteiger partial charge in [-0.3, -0.25) is 4.79 Å². The lowest BCUT2D eigenvalue weighted by Gasteiger charge is -2.05. The molecule has 0 aliphatic carbocycles. The van der Waals surface area contributed by atoms with E-state index in [9.17, 15) is 4.79 Å². The monoisotopic (exact) mass is 300 g/mol. The van der Waals surface area contributed by atoms with E-state index in [1.807, 2.05) is 24.3 Å². The maximum Gasteiger partial charge on any atom is 0.307 e. The van der Waals surface area contributed by atoms with Gasteiger partial charge in [-0.05, 0) is 48.4 Å². The van der Waals surface area contributed by atoms with Gasteiger partial charge in [0.1, 0.15) is 5.75 Å². The zero-order valence-electron chi connectivity index (χ0n) is 12.6. The molecule has 1 N–H and O–H groups in total. The first kappa shape index (κ1) is 15.8. The summed E-state index contributed by atoms with van der Waals surface area (Å²) < 4.78 is 10.6. The Labute approximate surface area is 130 Å². The lowest BCUT2D eigenvalue weighted by atomic mass is 10.2. The van der Waals surface area contributed by atoms with Crippen molar-refractivity contribution in [2.75, 3.05) is 6.61 Å². The number of hydrogen-bond acceptors (Lipinski definition) is 4. The second-order valence-corrected chi connectivity index (χ2v) is 4.80. The van der Waals surface area contributed by atoms with Gasteiger partial charge in [0.25, 0.3) is 0 Å². The van der Waals surface area contributed by atoms with Crippen molar-refractivity contribution >= 4 is 12.1 Å². The zero-order valence-corrected chi connectivity index (χ0v) is 12.6. The van der Waals surface area contributed by atoms with Crippen molar-refractivity contribution in [3.05, 3.63) is 54.0 Å². The molecule has 116 valence electrons. The van der Waals surface area contributed by atoms with E-state index >= 15 is 0 Å². The average molecular weight is 300 g/mol. The number of nitrogens with one attached hydrogen (secondary N) is 1. The fourth-order valence-corrected chi connectivity index (χ4v) is 1.82. The summed E-state index contributed by atoms with van der Waals surface area (Å²) in [6, 6.07) is 10.8. The van der Waals surface area contributed by atoms with Gasteiger partial charge in [-0.25, -0.2) is 5.43 Å². The van der Waals surface area contributed by atoms with Gasteiger partial charge in [0.15, 0.2) is 5.76 Å². The van der Waals surface area contributed by atoms with Gasteiger partial charge in [-0.15, -0.1) is 0 Å². The molecule has 0 fully saturated rings. The Morgan fingerprint density at radius 3 is 2.77 bits per heavy atom. The van der Waals surface area contributed by atoms with Crippen LogP contribution in [0.5, 0.6) is 5.75 Å². The average Bonchev–Trinajstić information content (AvgIpc) is 3.07. The Bertz CT molecular complexity index is 589. The largest absolute Gasteiger partial charge is 0.494 e. The quantitative estimate of drug-likeness (QED) is 0.460. The second-order valence-electron chi connectivity index (χ2n) is 4.80. The highest BCUT2D eigenvalue weighted by Crippen LogP contribution is 2.12. The van der Waals surface area contributed by atoms with E-state index in [2.05, 4.69) is 17.5 Å². The van der Waals surface area contributed by atoms with Crippen LogP contribution in [0, 0.1) is 0 Å². The Kier molecular flexibility index (Phi) is 6.23. The number of hydrogen-bond donors (Lipinski definition) is 1. The molecule has 0 aliphatic heterocycles. The number of unbranched alkanes of at least 4 members (excludes halogenated alkanes) is 2. The van der Waals surface area contributed by atoms with Gasteiger partial charge in [0.05, 0.1) is 19.1 Å². The molecule has 1 amide bonds. The first-order valence-electron chi connectivity index (χ1n) is 7.39. The van der Waals surface area contributed by atoms with Crippen LogP contribution in [0.2, 0.25) is 0 Å². The number of amides is 1. The maximum absolute atomic E-state index is 11.6. The third-order valence-electron chi connectivity index (χ3n) is 3.02. The molecule has 0 spiro atoms. The van der Waals surface area contributed by atoms with Crippen LogP contribution in [-0.2, 0) is 0 Å². The molecule has 22 heavy (non-hydrogen) atoms. The summed E-state index contributed by atoms with van der Waals surface area (Å²) >= 11 is 0. The normalized spacial score (nSPS) is 10.8. The van der Waals surface area contributed by atoms with Crippen LogP contribution >= 0.6 is 0 Å². The molecule has 2 aromatic rings. The number of carbonyl (C=O) groups is 1. The molecular formula is C17H20N2O3. The van der Waals surface area contributed by atoms with Crippen LogP contribution in [0.15, 0.2) is 52.2 Å². The summed E-state index contributed by atoms with van der Waals surface area (Å²) in [4.78, 5) is 11.6. The molecular weight excluding hydrogens is 280 g/mol. The maximum atomic E-state index is 11.6. The lowest BCUT2D eigenvalue weighted by molar-refractivity contribution is 0.0927. The van der Waals surface area contributed by atoms with Gasteiger partial charge >= 0.3 is 5.91 Å². The summed E-state index contributed by atoms with van der Waals surface area (Å²) in [5.41, 5.74) is 3.28. The number of ether oxygens (including phenoxy) is 1. The summed E-state index contributed by atoms with van der Waals surface area (Å²) in [6.07, 6.45) is 6.45. The van der Waals surface area contributed by atoms with Crippen LogP contribution in [0.1, 0.15) is 42.3 Å². The lowest BCUT2D eigenvalue weighted by Crippen LogP contribution is -2.16. The minimum atomic E-state index is -0.378. The Morgan fingerprint density at radius 1 is 1.27 bits per heavy atom. The van der Waals surface area contributed by atoms with E-state index in [0.717, 1.165) is 24.3 Å². The molecule has 5 nitrogen and oxygen atoms in total. The second kappa shape index (κ2) is 8.67. The number of benzene rings is 1. The van der Waals surface area contributed by atoms with Crippen LogP contribution in [0.4, 0.5) is 0 Å². The first-order chi connectivity index (χ1) is 10.8. The predicted octanol–water partition coefficient (Wildman–Crippen LogP) is 3.61. The van der Waals surface area contributed by atoms with Crippen molar-refractivity contribution in [2.24, 2.45) is 5.10 Å². The van der Waals surface area contributed by atoms with Gasteiger partial charge < -0.3 is 9.15 Å². The molecule has 1 aromatic carbocycles. The molecule has 0 saturated carbocycles. The van der Waals surface area contributed by atoms with Crippen LogP contribution < -0.4 is 10.2 Å². The number of nitrogens with zero attached hydrogens (tertiary/aromatic N) is 1. The number of rotatable bonds is 8. The van der Waals surface area contributed by atoms with E-state index < -0.39 is 0 Å². The van der Waals surface area contributed by atoms with Crippen molar-refractivity contribution in [3.63, 3.8) is 0 Å². The third-order valence-corrected chi connectivity index (χ3v) is 3.02. The van der Waals surface area contributed by atoms with Crippen molar-refractivity contribution in [1.29, 1.82) is 0 Å². The molecule has 0 radical (unpaired) electrons. The van der Waals surface area contributed by atoms with Gasteiger partial charge in [0, 0.05) is 0 Å². The van der Waals surface area contributed by atoms with Gasteiger partial charge in [-0.1, -0.05) is 19.8 Å². The number of hydrazone groups is 1. The predicted molar refractivity (Wildman–Crippen MR) is 85.2 cm³/mol. The van der Waals surface area contributed by atoms with Crippen LogP contribution in [-0.4, -0.2) is 18.7 Å². The molecule has 0 aliphatic rings. The Hall–Kier alpha value is -2.56. The molecule has 1 heterocycles.